The Bertz CT molecular complexity index is 1140. The molecule has 0 aliphatic heterocycles. The fourth-order valence-electron chi connectivity index (χ4n) is 8.19. The molecule has 1 saturated carbocycles. The number of rotatable bonds is 30. The summed E-state index contributed by atoms with van der Waals surface area (Å²) in [5, 5.41) is 22.7. The molecule has 1 unspecified atom stereocenters. The molecule has 2 N–H and O–H groups in total. The van der Waals surface area contributed by atoms with Gasteiger partial charge in [-0.05, 0) is 123 Å². The molecule has 306 valence electrons. The van der Waals surface area contributed by atoms with Crippen molar-refractivity contribution in [3.63, 3.8) is 0 Å². The zero-order chi connectivity index (χ0) is 39.5. The van der Waals surface area contributed by atoms with Crippen LogP contribution in [0, 0.1) is 11.3 Å². The van der Waals surface area contributed by atoms with Crippen LogP contribution in [0.15, 0.2) is 46.1 Å². The summed E-state index contributed by atoms with van der Waals surface area (Å²) in [5.74, 6) is -0.106. The lowest BCUT2D eigenvalue weighted by Crippen LogP contribution is -2.52. The van der Waals surface area contributed by atoms with Crippen LogP contribution in [-0.4, -0.2) is 40.8 Å². The third kappa shape index (κ3) is 20.5. The first kappa shape index (κ1) is 49.0. The molecule has 0 amide bonds. The highest BCUT2D eigenvalue weighted by atomic mass is 16.5. The first-order chi connectivity index (χ1) is 25.3. The zero-order valence-electron chi connectivity index (χ0n) is 36.0. The van der Waals surface area contributed by atoms with Gasteiger partial charge in [-0.15, -0.1) is 0 Å². The van der Waals surface area contributed by atoms with Crippen molar-refractivity contribution in [3.05, 3.63) is 46.1 Å². The number of esters is 1. The van der Waals surface area contributed by atoms with E-state index < -0.39 is 17.1 Å². The quantitative estimate of drug-likeness (QED) is 0.0252. The van der Waals surface area contributed by atoms with Crippen LogP contribution < -0.4 is 0 Å². The third-order valence-corrected chi connectivity index (χ3v) is 12.3. The van der Waals surface area contributed by atoms with Crippen molar-refractivity contribution in [1.29, 1.82) is 0 Å². The van der Waals surface area contributed by atoms with Gasteiger partial charge < -0.3 is 14.9 Å². The van der Waals surface area contributed by atoms with Crippen molar-refractivity contribution in [2.45, 2.75) is 228 Å². The number of aliphatic hydroxyl groups excluding tert-OH is 1. The van der Waals surface area contributed by atoms with Crippen molar-refractivity contribution in [2.24, 2.45) is 11.3 Å². The van der Waals surface area contributed by atoms with Gasteiger partial charge >= 0.3 is 5.97 Å². The summed E-state index contributed by atoms with van der Waals surface area (Å²) in [6.45, 7) is 17.0. The molecule has 5 nitrogen and oxygen atoms in total. The average molecular weight is 741 g/mol. The second-order valence-corrected chi connectivity index (χ2v) is 17.2. The van der Waals surface area contributed by atoms with Crippen LogP contribution in [-0.2, 0) is 14.3 Å². The van der Waals surface area contributed by atoms with Crippen molar-refractivity contribution in [1.82, 2.24) is 0 Å². The van der Waals surface area contributed by atoms with Crippen molar-refractivity contribution in [3.8, 4) is 0 Å². The molecule has 0 spiro atoms. The Labute approximate surface area is 327 Å². The van der Waals surface area contributed by atoms with E-state index in [0.29, 0.717) is 38.7 Å². The maximum Gasteiger partial charge on any atom is 0.305 e. The standard InChI is InChI=1S/C48H84O5/c1-9-10-11-12-13-14-15-16-17-18-19-20-21-22-23-31-46(51)53-37-26-30-44-43(42(6)38-49)34-36-48(8,52)47(44,7)35-25-29-41(5)45(50)33-32-40(4)28-24-27-39(2)3/h27,29,32,38,44-45,50,52H,9-26,28,30-31,33-37H2,1-8H3/b40-32+,41-29+,43-42+/t44-,45?,47+,48+/m1/s1. The Morgan fingerprint density at radius 1 is 0.792 bits per heavy atom. The Morgan fingerprint density at radius 3 is 1.91 bits per heavy atom. The molecule has 0 radical (unpaired) electrons. The minimum absolute atomic E-state index is 0.00993. The van der Waals surface area contributed by atoms with Gasteiger partial charge in [0.2, 0.25) is 0 Å². The Balaban J connectivity index is 2.54. The third-order valence-electron chi connectivity index (χ3n) is 12.3. The molecule has 0 saturated heterocycles. The first-order valence-electron chi connectivity index (χ1n) is 22.0. The normalized spacial score (nSPS) is 22.4. The molecule has 53 heavy (non-hydrogen) atoms. The van der Waals surface area contributed by atoms with Gasteiger partial charge in [0.1, 0.15) is 6.29 Å². The fraction of sp³-hybridized carbons (Fsp3) is 0.792. The van der Waals surface area contributed by atoms with E-state index in [1.165, 1.54) is 94.6 Å². The summed E-state index contributed by atoms with van der Waals surface area (Å²) in [4.78, 5) is 24.5. The largest absolute Gasteiger partial charge is 0.466 e. The van der Waals surface area contributed by atoms with E-state index in [1.54, 1.807) is 0 Å². The van der Waals surface area contributed by atoms with Gasteiger partial charge in [-0.2, -0.15) is 0 Å². The number of hydrogen-bond acceptors (Lipinski definition) is 5. The van der Waals surface area contributed by atoms with Gasteiger partial charge in [0.15, 0.2) is 0 Å². The van der Waals surface area contributed by atoms with Crippen LogP contribution >= 0.6 is 0 Å². The minimum Gasteiger partial charge on any atom is -0.466 e. The number of carbonyl (C=O) groups is 2. The predicted octanol–water partition coefficient (Wildman–Crippen LogP) is 13.4. The van der Waals surface area contributed by atoms with E-state index in [4.69, 9.17) is 4.74 Å². The summed E-state index contributed by atoms with van der Waals surface area (Å²) >= 11 is 0. The second-order valence-electron chi connectivity index (χ2n) is 17.2. The summed E-state index contributed by atoms with van der Waals surface area (Å²) in [6, 6.07) is 0. The van der Waals surface area contributed by atoms with Crippen LogP contribution in [0.4, 0.5) is 0 Å². The van der Waals surface area contributed by atoms with Crippen LogP contribution in [0.2, 0.25) is 0 Å². The van der Waals surface area contributed by atoms with Gasteiger partial charge in [-0.3, -0.25) is 9.59 Å². The number of ether oxygens (including phenoxy) is 1. The van der Waals surface area contributed by atoms with E-state index in [-0.39, 0.29) is 11.9 Å². The number of carbonyl (C=O) groups excluding carboxylic acids is 2. The Kier molecular flexibility index (Phi) is 26.3. The van der Waals surface area contributed by atoms with Crippen LogP contribution in [0.5, 0.6) is 0 Å². The molecule has 0 aromatic heterocycles. The Hall–Kier alpha value is -1.98. The maximum atomic E-state index is 12.5. The second kappa shape index (κ2) is 28.4. The maximum absolute atomic E-state index is 12.5. The SMILES string of the molecule is CCCCCCCCCCCCCCCCCC(=O)OCCC[C@@H]1/C(=C(\C)C=O)CC[C@](C)(O)[C@@]1(C)CC/C=C(\C)C(O)C/C=C(\C)CCC=C(C)C. The summed E-state index contributed by atoms with van der Waals surface area (Å²) in [7, 11) is 0. The highest BCUT2D eigenvalue weighted by Crippen LogP contribution is 2.55. The van der Waals surface area contributed by atoms with Gasteiger partial charge in [0, 0.05) is 11.8 Å². The zero-order valence-corrected chi connectivity index (χ0v) is 36.0. The molecular weight excluding hydrogens is 657 g/mol. The van der Waals surface area contributed by atoms with Crippen molar-refractivity contribution < 1.29 is 24.5 Å². The number of unbranched alkanes of at least 4 members (excludes halogenated alkanes) is 14. The lowest BCUT2D eigenvalue weighted by molar-refractivity contribution is -0.144. The molecule has 4 atom stereocenters. The fourth-order valence-corrected chi connectivity index (χ4v) is 8.19. The topological polar surface area (TPSA) is 83.8 Å². The van der Waals surface area contributed by atoms with Crippen LogP contribution in [0.1, 0.15) is 216 Å². The van der Waals surface area contributed by atoms with Gasteiger partial charge in [0.05, 0.1) is 18.3 Å². The van der Waals surface area contributed by atoms with Crippen LogP contribution in [0.25, 0.3) is 0 Å². The Morgan fingerprint density at radius 2 is 1.36 bits per heavy atom. The van der Waals surface area contributed by atoms with Crippen molar-refractivity contribution >= 4 is 12.3 Å². The first-order valence-corrected chi connectivity index (χ1v) is 22.0. The molecule has 0 aromatic carbocycles. The summed E-state index contributed by atoms with van der Waals surface area (Å²) in [6.07, 6.45) is 33.8. The number of aliphatic hydroxyl groups is 2. The number of hydrogen-bond donors (Lipinski definition) is 2. The predicted molar refractivity (Wildman–Crippen MR) is 226 cm³/mol. The molecule has 1 aliphatic carbocycles. The molecule has 1 aliphatic rings. The number of allylic oxidation sites excluding steroid dienone is 6. The van der Waals surface area contributed by atoms with Gasteiger partial charge in [-0.25, -0.2) is 0 Å². The highest BCUT2D eigenvalue weighted by Gasteiger charge is 2.52. The van der Waals surface area contributed by atoms with E-state index in [0.717, 1.165) is 68.0 Å². The minimum atomic E-state index is -0.903. The summed E-state index contributed by atoms with van der Waals surface area (Å²) in [5.41, 5.74) is 4.10. The molecule has 0 aromatic rings. The molecule has 1 fully saturated rings. The van der Waals surface area contributed by atoms with Crippen LogP contribution in [0.3, 0.4) is 0 Å². The molecule has 0 heterocycles. The van der Waals surface area contributed by atoms with E-state index in [1.807, 2.05) is 20.8 Å². The highest BCUT2D eigenvalue weighted by molar-refractivity contribution is 5.74. The average Bonchev–Trinajstić information content (AvgIpc) is 3.11. The summed E-state index contributed by atoms with van der Waals surface area (Å²) < 4.78 is 5.67. The lowest BCUT2D eigenvalue weighted by Gasteiger charge is -2.53. The van der Waals surface area contributed by atoms with E-state index in [2.05, 4.69) is 52.8 Å². The van der Waals surface area contributed by atoms with E-state index in [9.17, 15) is 19.8 Å². The lowest BCUT2D eigenvalue weighted by atomic mass is 9.54. The smallest absolute Gasteiger partial charge is 0.305 e. The molecule has 5 heteroatoms. The molecule has 1 rings (SSSR count). The number of aldehydes is 1. The van der Waals surface area contributed by atoms with Gasteiger partial charge in [-0.1, -0.05) is 139 Å². The monoisotopic (exact) mass is 741 g/mol. The molecular formula is C48H84O5. The van der Waals surface area contributed by atoms with Gasteiger partial charge in [0.25, 0.3) is 0 Å². The van der Waals surface area contributed by atoms with Crippen molar-refractivity contribution in [2.75, 3.05) is 6.61 Å². The van der Waals surface area contributed by atoms with E-state index >= 15 is 0 Å². The molecule has 0 bridgehead atoms.